The molecule has 0 atom stereocenters. The molecule has 0 aromatic heterocycles. The summed E-state index contributed by atoms with van der Waals surface area (Å²) in [5.74, 6) is 0.295. The second kappa shape index (κ2) is 5.90. The summed E-state index contributed by atoms with van der Waals surface area (Å²) in [5, 5.41) is 11.1. The fourth-order valence-electron chi connectivity index (χ4n) is 1.36. The fourth-order valence-corrected chi connectivity index (χ4v) is 1.36. The van der Waals surface area contributed by atoms with Crippen LogP contribution in [0, 0.1) is 18.3 Å². The first kappa shape index (κ1) is 13.0. The Bertz CT molecular complexity index is 447. The Morgan fingerprint density at radius 3 is 2.82 bits per heavy atom. The molecule has 0 bridgehead atoms. The minimum Gasteiger partial charge on any atom is -0.489 e. The Labute approximate surface area is 101 Å². The first-order chi connectivity index (χ1) is 8.02. The highest BCUT2D eigenvalue weighted by Gasteiger charge is 2.09. The highest BCUT2D eigenvalue weighted by molar-refractivity contribution is 5.93. The number of rotatable bonds is 4. The van der Waals surface area contributed by atoms with Gasteiger partial charge in [0, 0.05) is 0 Å². The third-order valence-corrected chi connectivity index (χ3v) is 2.01. The predicted molar refractivity (Wildman–Crippen MR) is 65.8 cm³/mol. The molecule has 0 spiro atoms. The topological polar surface area (TPSA) is 62.1 Å². The van der Waals surface area contributed by atoms with E-state index in [0.717, 1.165) is 5.56 Å². The van der Waals surface area contributed by atoms with Gasteiger partial charge >= 0.3 is 0 Å². The average molecular weight is 232 g/mol. The first-order valence-corrected chi connectivity index (χ1v) is 5.47. The van der Waals surface area contributed by atoms with Crippen molar-refractivity contribution in [1.29, 1.82) is 5.26 Å². The molecule has 90 valence electrons. The molecule has 0 radical (unpaired) electrons. The monoisotopic (exact) mass is 232 g/mol. The molecule has 0 unspecified atom stereocenters. The van der Waals surface area contributed by atoms with E-state index in [9.17, 15) is 4.79 Å². The number of hydrogen-bond donors (Lipinski definition) is 1. The zero-order valence-electron chi connectivity index (χ0n) is 10.3. The van der Waals surface area contributed by atoms with Crippen molar-refractivity contribution in [2.24, 2.45) is 0 Å². The van der Waals surface area contributed by atoms with E-state index < -0.39 is 0 Å². The van der Waals surface area contributed by atoms with Crippen molar-refractivity contribution in [2.45, 2.75) is 33.3 Å². The lowest BCUT2D eigenvalue weighted by Gasteiger charge is -2.15. The summed E-state index contributed by atoms with van der Waals surface area (Å²) in [6.07, 6.45) is -0.126. The van der Waals surface area contributed by atoms with Gasteiger partial charge in [0.25, 0.3) is 0 Å². The van der Waals surface area contributed by atoms with Crippen LogP contribution in [0.5, 0.6) is 5.75 Å². The van der Waals surface area contributed by atoms with Crippen molar-refractivity contribution in [2.75, 3.05) is 5.32 Å². The molecule has 1 aromatic rings. The molecule has 0 saturated carbocycles. The fraction of sp³-hybridized carbons (Fsp3) is 0.385. The molecular formula is C13H16N2O2. The quantitative estimate of drug-likeness (QED) is 0.868. The van der Waals surface area contributed by atoms with Gasteiger partial charge in [-0.2, -0.15) is 5.26 Å². The summed E-state index contributed by atoms with van der Waals surface area (Å²) in [6.45, 7) is 5.76. The van der Waals surface area contributed by atoms with Gasteiger partial charge in [0.05, 0.1) is 17.9 Å². The maximum atomic E-state index is 11.4. The number of carbonyl (C=O) groups excluding carboxylic acids is 1. The van der Waals surface area contributed by atoms with Crippen LogP contribution in [-0.4, -0.2) is 12.0 Å². The molecule has 1 rings (SSSR count). The second-order valence-corrected chi connectivity index (χ2v) is 4.05. The highest BCUT2D eigenvalue weighted by atomic mass is 16.5. The Hall–Kier alpha value is -2.02. The molecule has 0 aliphatic heterocycles. The molecule has 0 aliphatic carbocycles. The van der Waals surface area contributed by atoms with E-state index in [4.69, 9.17) is 10.00 Å². The van der Waals surface area contributed by atoms with Crippen molar-refractivity contribution in [3.63, 3.8) is 0 Å². The number of nitriles is 1. The van der Waals surface area contributed by atoms with Crippen LogP contribution in [0.3, 0.4) is 0 Å². The van der Waals surface area contributed by atoms with Crippen molar-refractivity contribution in [3.05, 3.63) is 23.8 Å². The number of amides is 1. The number of ether oxygens (including phenoxy) is 1. The molecule has 1 amide bonds. The number of carbonyl (C=O) groups is 1. The summed E-state index contributed by atoms with van der Waals surface area (Å²) < 4.78 is 5.58. The zero-order chi connectivity index (χ0) is 12.8. The lowest BCUT2D eigenvalue weighted by Crippen LogP contribution is -2.13. The minimum atomic E-state index is -0.327. The van der Waals surface area contributed by atoms with Crippen molar-refractivity contribution in [1.82, 2.24) is 0 Å². The van der Waals surface area contributed by atoms with E-state index in [2.05, 4.69) is 5.32 Å². The van der Waals surface area contributed by atoms with Crippen LogP contribution >= 0.6 is 0 Å². The van der Waals surface area contributed by atoms with Crippen molar-refractivity contribution < 1.29 is 9.53 Å². The van der Waals surface area contributed by atoms with E-state index in [-0.39, 0.29) is 18.4 Å². The summed E-state index contributed by atoms with van der Waals surface area (Å²) in [4.78, 5) is 11.4. The van der Waals surface area contributed by atoms with E-state index in [0.29, 0.717) is 11.4 Å². The molecule has 1 aromatic carbocycles. The van der Waals surface area contributed by atoms with E-state index in [1.165, 1.54) is 0 Å². The summed E-state index contributed by atoms with van der Waals surface area (Å²) in [7, 11) is 0. The maximum Gasteiger partial charge on any atom is 0.238 e. The molecule has 4 nitrogen and oxygen atoms in total. The largest absolute Gasteiger partial charge is 0.489 e. The number of nitrogens with one attached hydrogen (secondary N) is 1. The summed E-state index contributed by atoms with van der Waals surface area (Å²) >= 11 is 0. The number of benzene rings is 1. The molecule has 1 N–H and O–H groups in total. The van der Waals surface area contributed by atoms with Gasteiger partial charge in [-0.25, -0.2) is 0 Å². The molecule has 0 fully saturated rings. The molecular weight excluding hydrogens is 216 g/mol. The molecule has 0 aliphatic rings. The normalized spacial score (nSPS) is 9.82. The van der Waals surface area contributed by atoms with Gasteiger partial charge in [-0.3, -0.25) is 4.79 Å². The third-order valence-electron chi connectivity index (χ3n) is 2.01. The second-order valence-electron chi connectivity index (χ2n) is 4.05. The Morgan fingerprint density at radius 1 is 1.53 bits per heavy atom. The molecule has 4 heteroatoms. The standard InChI is InChI=1S/C13H16N2O2/c1-9(2)17-12-5-4-10(3)8-11(12)15-13(16)6-7-14/h4-5,8-9H,6H2,1-3H3,(H,15,16). The zero-order valence-corrected chi connectivity index (χ0v) is 10.3. The van der Waals surface area contributed by atoms with Gasteiger partial charge in [0.15, 0.2) is 0 Å². The Kier molecular flexibility index (Phi) is 4.53. The molecule has 0 saturated heterocycles. The van der Waals surface area contributed by atoms with Crippen molar-refractivity contribution in [3.8, 4) is 11.8 Å². The smallest absolute Gasteiger partial charge is 0.238 e. The van der Waals surface area contributed by atoms with E-state index >= 15 is 0 Å². The van der Waals surface area contributed by atoms with Crippen molar-refractivity contribution >= 4 is 11.6 Å². The Morgan fingerprint density at radius 2 is 2.24 bits per heavy atom. The van der Waals surface area contributed by atoms with E-state index in [1.54, 1.807) is 0 Å². The van der Waals surface area contributed by atoms with Crippen LogP contribution < -0.4 is 10.1 Å². The number of aryl methyl sites for hydroxylation is 1. The summed E-state index contributed by atoms with van der Waals surface area (Å²) in [6, 6.07) is 7.37. The van der Waals surface area contributed by atoms with Gasteiger partial charge in [-0.05, 0) is 38.5 Å². The van der Waals surface area contributed by atoms with Crippen LogP contribution in [0.25, 0.3) is 0 Å². The highest BCUT2D eigenvalue weighted by Crippen LogP contribution is 2.26. The number of anilines is 1. The SMILES string of the molecule is Cc1ccc(OC(C)C)c(NC(=O)CC#N)c1. The van der Waals surface area contributed by atoms with Gasteiger partial charge in [-0.15, -0.1) is 0 Å². The lowest BCUT2D eigenvalue weighted by molar-refractivity contribution is -0.115. The van der Waals surface area contributed by atoms with Gasteiger partial charge in [0.2, 0.25) is 5.91 Å². The van der Waals surface area contributed by atoms with Crippen LogP contribution in [-0.2, 0) is 4.79 Å². The van der Waals surface area contributed by atoms with Crippen LogP contribution in [0.4, 0.5) is 5.69 Å². The van der Waals surface area contributed by atoms with E-state index in [1.807, 2.05) is 45.0 Å². The lowest BCUT2D eigenvalue weighted by atomic mass is 10.2. The van der Waals surface area contributed by atoms with Gasteiger partial charge < -0.3 is 10.1 Å². The van der Waals surface area contributed by atoms with Crippen LogP contribution in [0.2, 0.25) is 0 Å². The first-order valence-electron chi connectivity index (χ1n) is 5.47. The van der Waals surface area contributed by atoms with Crippen LogP contribution in [0.1, 0.15) is 25.8 Å². The maximum absolute atomic E-state index is 11.4. The van der Waals surface area contributed by atoms with Gasteiger partial charge in [0.1, 0.15) is 12.2 Å². The molecule has 0 heterocycles. The minimum absolute atomic E-state index is 0.0318. The van der Waals surface area contributed by atoms with Crippen LogP contribution in [0.15, 0.2) is 18.2 Å². The average Bonchev–Trinajstić information content (AvgIpc) is 2.22. The number of nitrogens with zero attached hydrogens (tertiary/aromatic N) is 1. The summed E-state index contributed by atoms with van der Waals surface area (Å²) in [5.41, 5.74) is 1.63. The van der Waals surface area contributed by atoms with Gasteiger partial charge in [-0.1, -0.05) is 6.07 Å². The number of hydrogen-bond acceptors (Lipinski definition) is 3. The third kappa shape index (κ3) is 4.15. The Balaban J connectivity index is 2.91. The molecule has 17 heavy (non-hydrogen) atoms. The predicted octanol–water partition coefficient (Wildman–Crippen LogP) is 2.63.